The maximum Gasteiger partial charge on any atom is 0.222 e. The lowest BCUT2D eigenvalue weighted by atomic mass is 10.3. The summed E-state index contributed by atoms with van der Waals surface area (Å²) in [5.41, 5.74) is 0.980. The van der Waals surface area contributed by atoms with E-state index in [9.17, 15) is 0 Å². The van der Waals surface area contributed by atoms with E-state index in [-0.39, 0.29) is 6.10 Å². The van der Waals surface area contributed by atoms with Gasteiger partial charge in [-0.1, -0.05) is 0 Å². The number of nitrogens with one attached hydrogen (secondary N) is 1. The van der Waals surface area contributed by atoms with Gasteiger partial charge < -0.3 is 14.8 Å². The molecule has 1 atom stereocenters. The van der Waals surface area contributed by atoms with Gasteiger partial charge >= 0.3 is 0 Å². The summed E-state index contributed by atoms with van der Waals surface area (Å²) in [6.07, 6.45) is 3.46. The van der Waals surface area contributed by atoms with E-state index in [0.29, 0.717) is 18.4 Å². The molecule has 3 rings (SSSR count). The highest BCUT2D eigenvalue weighted by Crippen LogP contribution is 2.40. The third-order valence-electron chi connectivity index (χ3n) is 3.46. The van der Waals surface area contributed by atoms with E-state index in [1.165, 1.54) is 12.8 Å². The summed E-state index contributed by atoms with van der Waals surface area (Å²) in [5, 5.41) is 3.12. The van der Waals surface area contributed by atoms with Crippen LogP contribution >= 0.6 is 0 Å². The van der Waals surface area contributed by atoms with Crippen molar-refractivity contribution in [3.05, 3.63) is 11.4 Å². The molecule has 2 heterocycles. The standard InChI is InChI=1S/C13H19N3O2/c1-8-11(14-2)15-12(9-3-4-9)16-13(8)18-10-5-6-17-7-10/h9-10H,3-7H2,1-2H3,(H,14,15,16). The zero-order valence-corrected chi connectivity index (χ0v) is 10.9. The van der Waals surface area contributed by atoms with Crippen LogP contribution in [0.5, 0.6) is 5.88 Å². The zero-order chi connectivity index (χ0) is 12.5. The molecule has 1 unspecified atom stereocenters. The van der Waals surface area contributed by atoms with Crippen molar-refractivity contribution in [3.63, 3.8) is 0 Å². The SMILES string of the molecule is CNc1nc(C2CC2)nc(OC2CCOC2)c1C. The van der Waals surface area contributed by atoms with Gasteiger partial charge in [0, 0.05) is 19.4 Å². The van der Waals surface area contributed by atoms with Crippen molar-refractivity contribution in [2.24, 2.45) is 0 Å². The molecular formula is C13H19N3O2. The van der Waals surface area contributed by atoms with Crippen molar-refractivity contribution in [1.29, 1.82) is 0 Å². The number of aromatic nitrogens is 2. The van der Waals surface area contributed by atoms with Crippen LogP contribution in [-0.4, -0.2) is 36.3 Å². The summed E-state index contributed by atoms with van der Waals surface area (Å²) in [5.74, 6) is 3.03. The molecule has 1 saturated heterocycles. The van der Waals surface area contributed by atoms with Crippen LogP contribution in [0.25, 0.3) is 0 Å². The van der Waals surface area contributed by atoms with Gasteiger partial charge in [0.25, 0.3) is 0 Å². The lowest BCUT2D eigenvalue weighted by Crippen LogP contribution is -2.18. The topological polar surface area (TPSA) is 56.3 Å². The molecule has 0 aromatic carbocycles. The Kier molecular flexibility index (Phi) is 3.07. The van der Waals surface area contributed by atoms with Gasteiger partial charge in [-0.25, -0.2) is 4.98 Å². The van der Waals surface area contributed by atoms with Crippen LogP contribution in [0.15, 0.2) is 0 Å². The Balaban J connectivity index is 1.87. The highest BCUT2D eigenvalue weighted by atomic mass is 16.5. The van der Waals surface area contributed by atoms with Crippen LogP contribution in [0.4, 0.5) is 5.82 Å². The van der Waals surface area contributed by atoms with Crippen LogP contribution in [-0.2, 0) is 4.74 Å². The molecule has 1 saturated carbocycles. The van der Waals surface area contributed by atoms with Gasteiger partial charge in [-0.2, -0.15) is 4.98 Å². The van der Waals surface area contributed by atoms with Crippen molar-refractivity contribution >= 4 is 5.82 Å². The molecule has 0 spiro atoms. The second kappa shape index (κ2) is 4.72. The first-order valence-electron chi connectivity index (χ1n) is 6.58. The minimum atomic E-state index is 0.135. The van der Waals surface area contributed by atoms with Crippen molar-refractivity contribution < 1.29 is 9.47 Å². The number of nitrogens with zero attached hydrogens (tertiary/aromatic N) is 2. The molecule has 1 aromatic rings. The smallest absolute Gasteiger partial charge is 0.222 e. The Labute approximate surface area is 107 Å². The molecule has 0 radical (unpaired) electrons. The highest BCUT2D eigenvalue weighted by Gasteiger charge is 2.29. The summed E-state index contributed by atoms with van der Waals surface area (Å²) >= 11 is 0. The molecule has 1 aliphatic heterocycles. The molecule has 1 N–H and O–H groups in total. The Hall–Kier alpha value is -1.36. The molecule has 18 heavy (non-hydrogen) atoms. The monoisotopic (exact) mass is 249 g/mol. The second-order valence-electron chi connectivity index (χ2n) is 4.99. The van der Waals surface area contributed by atoms with Gasteiger partial charge in [-0.3, -0.25) is 0 Å². The van der Waals surface area contributed by atoms with E-state index in [1.807, 2.05) is 14.0 Å². The van der Waals surface area contributed by atoms with Gasteiger partial charge in [0.15, 0.2) is 0 Å². The Morgan fingerprint density at radius 3 is 2.72 bits per heavy atom. The molecule has 2 aliphatic rings. The first kappa shape index (κ1) is 11.7. The summed E-state index contributed by atoms with van der Waals surface area (Å²) in [6, 6.07) is 0. The fourth-order valence-electron chi connectivity index (χ4n) is 2.16. The number of hydrogen-bond donors (Lipinski definition) is 1. The van der Waals surface area contributed by atoms with Crippen LogP contribution < -0.4 is 10.1 Å². The molecular weight excluding hydrogens is 230 g/mol. The third-order valence-corrected chi connectivity index (χ3v) is 3.46. The Morgan fingerprint density at radius 1 is 1.28 bits per heavy atom. The summed E-state index contributed by atoms with van der Waals surface area (Å²) < 4.78 is 11.3. The van der Waals surface area contributed by atoms with Crippen LogP contribution in [0.2, 0.25) is 0 Å². The minimum Gasteiger partial charge on any atom is -0.471 e. The number of anilines is 1. The van der Waals surface area contributed by atoms with E-state index in [4.69, 9.17) is 9.47 Å². The van der Waals surface area contributed by atoms with Gasteiger partial charge in [0.2, 0.25) is 5.88 Å². The fourth-order valence-corrected chi connectivity index (χ4v) is 2.16. The number of rotatable bonds is 4. The lowest BCUT2D eigenvalue weighted by molar-refractivity contribution is 0.137. The number of hydrogen-bond acceptors (Lipinski definition) is 5. The first-order valence-corrected chi connectivity index (χ1v) is 6.58. The highest BCUT2D eigenvalue weighted by molar-refractivity contribution is 5.48. The van der Waals surface area contributed by atoms with Gasteiger partial charge in [-0.15, -0.1) is 0 Å². The maximum absolute atomic E-state index is 5.95. The predicted octanol–water partition coefficient (Wildman–Crippen LogP) is 1.87. The van der Waals surface area contributed by atoms with E-state index in [0.717, 1.165) is 30.2 Å². The predicted molar refractivity (Wildman–Crippen MR) is 68.1 cm³/mol. The molecule has 0 bridgehead atoms. The van der Waals surface area contributed by atoms with Crippen LogP contribution in [0.1, 0.15) is 36.6 Å². The van der Waals surface area contributed by atoms with Gasteiger partial charge in [-0.05, 0) is 19.8 Å². The molecule has 98 valence electrons. The zero-order valence-electron chi connectivity index (χ0n) is 10.9. The quantitative estimate of drug-likeness (QED) is 0.882. The van der Waals surface area contributed by atoms with Crippen molar-refractivity contribution in [3.8, 4) is 5.88 Å². The van der Waals surface area contributed by atoms with E-state index < -0.39 is 0 Å². The second-order valence-corrected chi connectivity index (χ2v) is 4.99. The van der Waals surface area contributed by atoms with E-state index in [2.05, 4.69) is 15.3 Å². The van der Waals surface area contributed by atoms with Gasteiger partial charge in [0.05, 0.1) is 18.8 Å². The van der Waals surface area contributed by atoms with E-state index >= 15 is 0 Å². The molecule has 5 nitrogen and oxygen atoms in total. The van der Waals surface area contributed by atoms with Crippen molar-refractivity contribution in [2.45, 2.75) is 38.2 Å². The first-order chi connectivity index (χ1) is 8.78. The summed E-state index contributed by atoms with van der Waals surface area (Å²) in [6.45, 7) is 3.44. The Morgan fingerprint density at radius 2 is 2.11 bits per heavy atom. The molecule has 5 heteroatoms. The normalized spacial score (nSPS) is 23.1. The van der Waals surface area contributed by atoms with Gasteiger partial charge in [0.1, 0.15) is 17.7 Å². The molecule has 2 fully saturated rings. The average Bonchev–Trinajstić information content (AvgIpc) is 3.11. The number of ether oxygens (including phenoxy) is 2. The van der Waals surface area contributed by atoms with E-state index in [1.54, 1.807) is 0 Å². The fraction of sp³-hybridized carbons (Fsp3) is 0.692. The summed E-state index contributed by atoms with van der Waals surface area (Å²) in [4.78, 5) is 9.13. The van der Waals surface area contributed by atoms with Crippen molar-refractivity contribution in [2.75, 3.05) is 25.6 Å². The summed E-state index contributed by atoms with van der Waals surface area (Å²) in [7, 11) is 1.88. The third kappa shape index (κ3) is 2.27. The molecule has 1 aliphatic carbocycles. The average molecular weight is 249 g/mol. The lowest BCUT2D eigenvalue weighted by Gasteiger charge is -2.16. The molecule has 1 aromatic heterocycles. The van der Waals surface area contributed by atoms with Crippen molar-refractivity contribution in [1.82, 2.24) is 9.97 Å². The Bertz CT molecular complexity index is 440. The largest absolute Gasteiger partial charge is 0.471 e. The molecule has 0 amide bonds. The minimum absolute atomic E-state index is 0.135. The van der Waals surface area contributed by atoms with Crippen LogP contribution in [0, 0.1) is 6.92 Å². The maximum atomic E-state index is 5.95. The van der Waals surface area contributed by atoms with Crippen LogP contribution in [0.3, 0.4) is 0 Å².